The van der Waals surface area contributed by atoms with E-state index in [2.05, 4.69) is 26.6 Å². The van der Waals surface area contributed by atoms with E-state index >= 15 is 0 Å². The summed E-state index contributed by atoms with van der Waals surface area (Å²) in [6.07, 6.45) is 6.40. The smallest absolute Gasteiger partial charge is 0.327 e. The van der Waals surface area contributed by atoms with Crippen molar-refractivity contribution in [3.63, 3.8) is 0 Å². The van der Waals surface area contributed by atoms with Crippen molar-refractivity contribution in [2.45, 2.75) is 25.3 Å². The Morgan fingerprint density at radius 1 is 1.14 bits per heavy atom. The molecule has 1 aliphatic rings. The van der Waals surface area contributed by atoms with Crippen molar-refractivity contribution < 1.29 is 24.3 Å². The van der Waals surface area contributed by atoms with Gasteiger partial charge in [0.15, 0.2) is 5.78 Å². The molecule has 2 amide bonds. The Morgan fingerprint density at radius 3 is 2.46 bits per heavy atom. The minimum absolute atomic E-state index is 0.0264. The Labute approximate surface area is 212 Å². The fourth-order valence-corrected chi connectivity index (χ4v) is 4.31. The number of carbonyl (C=O) groups excluding carboxylic acids is 3. The van der Waals surface area contributed by atoms with Gasteiger partial charge in [0.25, 0.3) is 5.91 Å². The molecule has 3 N–H and O–H groups in total. The van der Waals surface area contributed by atoms with E-state index in [0.29, 0.717) is 6.54 Å². The lowest BCUT2D eigenvalue weighted by molar-refractivity contribution is -0.141. The number of hydrogen-bond donors (Lipinski definition) is 3. The van der Waals surface area contributed by atoms with Crippen LogP contribution in [0.2, 0.25) is 10.0 Å². The number of anilines is 1. The second-order valence-corrected chi connectivity index (χ2v) is 8.70. The number of halogens is 2. The number of carbonyl (C=O) groups is 4. The minimum atomic E-state index is -1.71. The SMILES string of the molecule is CC(=O)NCC(=O)[C@@H](c1cc(N2CC=CCC2)ccn1)[C@H](NC(=O)c1c(Cl)cccc1Cl)C(=O)O. The van der Waals surface area contributed by atoms with Crippen LogP contribution < -0.4 is 15.5 Å². The van der Waals surface area contributed by atoms with E-state index in [1.165, 1.54) is 25.3 Å². The maximum Gasteiger partial charge on any atom is 0.327 e. The van der Waals surface area contributed by atoms with E-state index in [-0.39, 0.29) is 21.3 Å². The van der Waals surface area contributed by atoms with Gasteiger partial charge in [0.05, 0.1) is 33.8 Å². The van der Waals surface area contributed by atoms with Gasteiger partial charge in [0, 0.05) is 31.9 Å². The number of hydrogen-bond acceptors (Lipinski definition) is 6. The number of aliphatic carboxylic acids is 1. The molecular weight excluding hydrogens is 495 g/mol. The highest BCUT2D eigenvalue weighted by molar-refractivity contribution is 6.39. The van der Waals surface area contributed by atoms with Gasteiger partial charge in [0.2, 0.25) is 5.91 Å². The third-order valence-electron chi connectivity index (χ3n) is 5.44. The Hall–Kier alpha value is -3.43. The number of carboxylic acids is 1. The third kappa shape index (κ3) is 6.58. The van der Waals surface area contributed by atoms with Gasteiger partial charge >= 0.3 is 5.97 Å². The molecule has 3 rings (SSSR count). The molecule has 0 radical (unpaired) electrons. The van der Waals surface area contributed by atoms with Crippen LogP contribution in [0.25, 0.3) is 0 Å². The lowest BCUT2D eigenvalue weighted by Gasteiger charge is -2.28. The number of benzene rings is 1. The highest BCUT2D eigenvalue weighted by atomic mass is 35.5. The Kier molecular flexibility index (Phi) is 8.84. The highest BCUT2D eigenvalue weighted by Gasteiger charge is 2.38. The van der Waals surface area contributed by atoms with Crippen LogP contribution in [-0.2, 0) is 14.4 Å². The molecule has 0 aliphatic carbocycles. The van der Waals surface area contributed by atoms with Gasteiger partial charge < -0.3 is 20.6 Å². The molecule has 184 valence electrons. The normalized spacial score (nSPS) is 14.7. The van der Waals surface area contributed by atoms with Crippen molar-refractivity contribution in [1.82, 2.24) is 15.6 Å². The van der Waals surface area contributed by atoms with Crippen molar-refractivity contribution >= 4 is 52.5 Å². The predicted octanol–water partition coefficient (Wildman–Crippen LogP) is 2.83. The van der Waals surface area contributed by atoms with Crippen molar-refractivity contribution in [3.8, 4) is 0 Å². The summed E-state index contributed by atoms with van der Waals surface area (Å²) < 4.78 is 0. The van der Waals surface area contributed by atoms with E-state index in [9.17, 15) is 24.3 Å². The second-order valence-electron chi connectivity index (χ2n) is 7.88. The maximum atomic E-state index is 13.2. The minimum Gasteiger partial charge on any atom is -0.480 e. The molecule has 0 bridgehead atoms. The van der Waals surface area contributed by atoms with Crippen molar-refractivity contribution in [2.75, 3.05) is 24.5 Å². The quantitative estimate of drug-likeness (QED) is 0.435. The standard InChI is InChI=1S/C24H24Cl2N4O5/c1-14(31)28-13-19(32)21(18-12-15(8-9-27-18)30-10-3-2-4-11-30)22(24(34)35)29-23(33)20-16(25)6-5-7-17(20)26/h2-3,5-9,12,21-22H,4,10-11,13H2,1H3,(H,28,31)(H,29,33)(H,34,35)/t21-,22+/m1/s1. The van der Waals surface area contributed by atoms with Gasteiger partial charge in [-0.3, -0.25) is 19.4 Å². The largest absolute Gasteiger partial charge is 0.480 e. The van der Waals surface area contributed by atoms with Gasteiger partial charge in [0.1, 0.15) is 6.04 Å². The number of rotatable bonds is 9. The predicted molar refractivity (Wildman–Crippen MR) is 132 cm³/mol. The first-order valence-corrected chi connectivity index (χ1v) is 11.6. The molecular formula is C24H24Cl2N4O5. The molecule has 2 atom stereocenters. The summed E-state index contributed by atoms with van der Waals surface area (Å²) in [4.78, 5) is 56.2. The molecule has 2 heterocycles. The Balaban J connectivity index is 2.00. The summed E-state index contributed by atoms with van der Waals surface area (Å²) in [6.45, 7) is 2.19. The molecule has 0 fully saturated rings. The summed E-state index contributed by atoms with van der Waals surface area (Å²) in [5, 5.41) is 14.8. The molecule has 1 aromatic heterocycles. The molecule has 0 unspecified atom stereocenters. The fourth-order valence-electron chi connectivity index (χ4n) is 3.74. The fraction of sp³-hybridized carbons (Fsp3) is 0.292. The molecule has 11 heteroatoms. The van der Waals surface area contributed by atoms with E-state index in [4.69, 9.17) is 23.2 Å². The van der Waals surface area contributed by atoms with Crippen molar-refractivity contribution in [1.29, 1.82) is 0 Å². The first-order chi connectivity index (χ1) is 16.7. The molecule has 1 aromatic carbocycles. The molecule has 0 saturated carbocycles. The van der Waals surface area contributed by atoms with Crippen LogP contribution >= 0.6 is 23.2 Å². The molecule has 2 aromatic rings. The van der Waals surface area contributed by atoms with Crippen LogP contribution in [0, 0.1) is 0 Å². The van der Waals surface area contributed by atoms with Gasteiger partial charge in [-0.15, -0.1) is 0 Å². The number of amides is 2. The first kappa shape index (κ1) is 26.2. The zero-order valence-electron chi connectivity index (χ0n) is 18.8. The van der Waals surface area contributed by atoms with Crippen LogP contribution in [0.3, 0.4) is 0 Å². The summed E-state index contributed by atoms with van der Waals surface area (Å²) >= 11 is 12.2. The maximum absolute atomic E-state index is 13.2. The number of aromatic nitrogens is 1. The van der Waals surface area contributed by atoms with Crippen molar-refractivity contribution in [2.24, 2.45) is 0 Å². The number of Topliss-reactive ketones (excluding diaryl/α,β-unsaturated/α-hetero) is 1. The highest BCUT2D eigenvalue weighted by Crippen LogP contribution is 2.28. The van der Waals surface area contributed by atoms with Gasteiger partial charge in [-0.2, -0.15) is 0 Å². The lowest BCUT2D eigenvalue weighted by Crippen LogP contribution is -2.49. The zero-order valence-corrected chi connectivity index (χ0v) is 20.3. The monoisotopic (exact) mass is 518 g/mol. The first-order valence-electron chi connectivity index (χ1n) is 10.8. The Morgan fingerprint density at radius 2 is 1.86 bits per heavy atom. The molecule has 0 spiro atoms. The average Bonchev–Trinajstić information content (AvgIpc) is 2.83. The summed E-state index contributed by atoms with van der Waals surface area (Å²) in [7, 11) is 0. The number of nitrogens with zero attached hydrogens (tertiary/aromatic N) is 2. The summed E-state index contributed by atoms with van der Waals surface area (Å²) in [6, 6.07) is 6.10. The van der Waals surface area contributed by atoms with E-state index in [1.54, 1.807) is 18.2 Å². The third-order valence-corrected chi connectivity index (χ3v) is 6.07. The molecule has 1 aliphatic heterocycles. The number of carboxylic acid groups (broad SMARTS) is 1. The van der Waals surface area contributed by atoms with Gasteiger partial charge in [-0.25, -0.2) is 4.79 Å². The lowest BCUT2D eigenvalue weighted by atomic mass is 9.90. The van der Waals surface area contributed by atoms with E-state index in [1.807, 2.05) is 6.08 Å². The molecule has 9 nitrogen and oxygen atoms in total. The van der Waals surface area contributed by atoms with Crippen molar-refractivity contribution in [3.05, 3.63) is 70.0 Å². The average molecular weight is 519 g/mol. The van der Waals surface area contributed by atoms with Crippen LogP contribution in [0.15, 0.2) is 48.7 Å². The van der Waals surface area contributed by atoms with Gasteiger partial charge in [-0.1, -0.05) is 41.4 Å². The number of nitrogens with one attached hydrogen (secondary N) is 2. The van der Waals surface area contributed by atoms with E-state index < -0.39 is 42.1 Å². The molecule has 0 saturated heterocycles. The van der Waals surface area contributed by atoms with Crippen LogP contribution in [0.1, 0.15) is 35.3 Å². The van der Waals surface area contributed by atoms with Crippen LogP contribution in [-0.4, -0.2) is 59.3 Å². The summed E-state index contributed by atoms with van der Waals surface area (Å²) in [5.74, 6) is -4.82. The second kappa shape index (κ2) is 11.8. The summed E-state index contributed by atoms with van der Waals surface area (Å²) in [5.41, 5.74) is 0.781. The van der Waals surface area contributed by atoms with E-state index in [0.717, 1.165) is 18.7 Å². The Bertz CT molecular complexity index is 1150. The van der Waals surface area contributed by atoms with Gasteiger partial charge in [-0.05, 0) is 30.7 Å². The zero-order chi connectivity index (χ0) is 25.5. The van der Waals surface area contributed by atoms with Crippen LogP contribution in [0.4, 0.5) is 5.69 Å². The topological polar surface area (TPSA) is 129 Å². The number of pyridine rings is 1. The van der Waals surface area contributed by atoms with Crippen LogP contribution in [0.5, 0.6) is 0 Å². The number of ketones is 1. The molecule has 35 heavy (non-hydrogen) atoms.